The van der Waals surface area contributed by atoms with Crippen LogP contribution in [0.4, 0.5) is 0 Å². The van der Waals surface area contributed by atoms with E-state index in [1.165, 1.54) is 0 Å². The molecular formula is C24H20O2. The molecule has 4 aromatic carbocycles. The van der Waals surface area contributed by atoms with Crippen molar-refractivity contribution in [1.29, 1.82) is 0 Å². The summed E-state index contributed by atoms with van der Waals surface area (Å²) in [7, 11) is 0. The topological polar surface area (TPSA) is 18.5 Å². The maximum absolute atomic E-state index is 6.07. The molecule has 26 heavy (non-hydrogen) atoms. The summed E-state index contributed by atoms with van der Waals surface area (Å²) in [6.45, 7) is 1.10. The third kappa shape index (κ3) is 3.70. The van der Waals surface area contributed by atoms with Crippen LogP contribution in [0, 0.1) is 0 Å². The first-order valence-corrected chi connectivity index (χ1v) is 8.75. The van der Waals surface area contributed by atoms with Gasteiger partial charge in [-0.05, 0) is 23.3 Å². The lowest BCUT2D eigenvalue weighted by Gasteiger charge is -2.13. The van der Waals surface area contributed by atoms with E-state index in [0.717, 1.165) is 33.4 Å². The molecule has 4 rings (SSSR count). The standard InChI is InChI=1S/C24H20O2/c1-3-9-19(10-4-1)17-25-23-15-7-14-22-21(23)13-8-16-24(22)26-18-20-11-5-2-6-12-20/h1-16H,17-18H2. The molecule has 0 aliphatic rings. The van der Waals surface area contributed by atoms with Crippen molar-refractivity contribution in [3.8, 4) is 11.5 Å². The molecule has 0 saturated heterocycles. The molecule has 0 N–H and O–H groups in total. The van der Waals surface area contributed by atoms with Gasteiger partial charge in [-0.25, -0.2) is 0 Å². The Balaban J connectivity index is 1.56. The van der Waals surface area contributed by atoms with Crippen LogP contribution in [0.3, 0.4) is 0 Å². The van der Waals surface area contributed by atoms with Crippen molar-refractivity contribution in [2.24, 2.45) is 0 Å². The van der Waals surface area contributed by atoms with Crippen LogP contribution in [0.1, 0.15) is 11.1 Å². The zero-order valence-electron chi connectivity index (χ0n) is 14.5. The highest BCUT2D eigenvalue weighted by molar-refractivity contribution is 5.93. The molecule has 0 aromatic heterocycles. The lowest BCUT2D eigenvalue weighted by atomic mass is 10.1. The molecule has 0 atom stereocenters. The SMILES string of the molecule is c1ccc(COc2cccc3c(OCc4ccccc4)cccc23)cc1. The Morgan fingerprint density at radius 2 is 0.846 bits per heavy atom. The van der Waals surface area contributed by atoms with Crippen LogP contribution in [-0.2, 0) is 13.2 Å². The van der Waals surface area contributed by atoms with E-state index in [4.69, 9.17) is 9.47 Å². The summed E-state index contributed by atoms with van der Waals surface area (Å²) >= 11 is 0. The van der Waals surface area contributed by atoms with E-state index >= 15 is 0 Å². The summed E-state index contributed by atoms with van der Waals surface area (Å²) in [6, 6.07) is 32.6. The van der Waals surface area contributed by atoms with E-state index in [-0.39, 0.29) is 0 Å². The lowest BCUT2D eigenvalue weighted by molar-refractivity contribution is 0.306. The average molecular weight is 340 g/mol. The fourth-order valence-corrected chi connectivity index (χ4v) is 2.97. The minimum absolute atomic E-state index is 0.551. The Kier molecular flexibility index (Phi) is 4.83. The number of hydrogen-bond acceptors (Lipinski definition) is 2. The van der Waals surface area contributed by atoms with Crippen LogP contribution >= 0.6 is 0 Å². The van der Waals surface area contributed by atoms with Gasteiger partial charge in [0.15, 0.2) is 0 Å². The molecule has 4 aromatic rings. The zero-order chi connectivity index (χ0) is 17.6. The first kappa shape index (κ1) is 16.2. The van der Waals surface area contributed by atoms with Crippen LogP contribution in [0.25, 0.3) is 10.8 Å². The van der Waals surface area contributed by atoms with Gasteiger partial charge in [0.2, 0.25) is 0 Å². The first-order valence-electron chi connectivity index (χ1n) is 8.75. The number of fused-ring (bicyclic) bond motifs is 1. The highest BCUT2D eigenvalue weighted by Gasteiger charge is 2.07. The van der Waals surface area contributed by atoms with Gasteiger partial charge in [-0.15, -0.1) is 0 Å². The normalized spacial score (nSPS) is 10.6. The summed E-state index contributed by atoms with van der Waals surface area (Å²) < 4.78 is 12.1. The van der Waals surface area contributed by atoms with Crippen molar-refractivity contribution >= 4 is 10.8 Å². The highest BCUT2D eigenvalue weighted by Crippen LogP contribution is 2.33. The molecule has 0 saturated carbocycles. The number of rotatable bonds is 6. The van der Waals surface area contributed by atoms with E-state index < -0.39 is 0 Å². The molecule has 0 spiro atoms. The minimum Gasteiger partial charge on any atom is -0.488 e. The lowest BCUT2D eigenvalue weighted by Crippen LogP contribution is -1.98. The Hall–Kier alpha value is -3.26. The molecular weight excluding hydrogens is 320 g/mol. The molecule has 0 amide bonds. The van der Waals surface area contributed by atoms with Crippen LogP contribution in [0.15, 0.2) is 97.1 Å². The third-order valence-corrected chi connectivity index (χ3v) is 4.32. The Morgan fingerprint density at radius 3 is 1.27 bits per heavy atom. The average Bonchev–Trinajstić information content (AvgIpc) is 2.72. The zero-order valence-corrected chi connectivity index (χ0v) is 14.5. The summed E-state index contributed by atoms with van der Waals surface area (Å²) in [4.78, 5) is 0. The highest BCUT2D eigenvalue weighted by atomic mass is 16.5. The Labute approximate surface area is 153 Å². The van der Waals surface area contributed by atoms with Crippen molar-refractivity contribution in [3.63, 3.8) is 0 Å². The van der Waals surface area contributed by atoms with Gasteiger partial charge in [0.25, 0.3) is 0 Å². The quantitative estimate of drug-likeness (QED) is 0.429. The van der Waals surface area contributed by atoms with E-state index in [1.54, 1.807) is 0 Å². The van der Waals surface area contributed by atoms with Crippen molar-refractivity contribution in [3.05, 3.63) is 108 Å². The molecule has 128 valence electrons. The monoisotopic (exact) mass is 340 g/mol. The number of ether oxygens (including phenoxy) is 2. The van der Waals surface area contributed by atoms with E-state index in [9.17, 15) is 0 Å². The van der Waals surface area contributed by atoms with Crippen molar-refractivity contribution in [2.45, 2.75) is 13.2 Å². The number of benzene rings is 4. The Morgan fingerprint density at radius 1 is 0.423 bits per heavy atom. The summed E-state index contributed by atoms with van der Waals surface area (Å²) in [6.07, 6.45) is 0. The van der Waals surface area contributed by atoms with Gasteiger partial charge >= 0.3 is 0 Å². The second-order valence-corrected chi connectivity index (χ2v) is 6.16. The smallest absolute Gasteiger partial charge is 0.127 e. The molecule has 0 unspecified atom stereocenters. The fourth-order valence-electron chi connectivity index (χ4n) is 2.97. The van der Waals surface area contributed by atoms with Crippen molar-refractivity contribution < 1.29 is 9.47 Å². The van der Waals surface area contributed by atoms with Crippen LogP contribution < -0.4 is 9.47 Å². The summed E-state index contributed by atoms with van der Waals surface area (Å²) in [5, 5.41) is 2.13. The molecule has 2 heteroatoms. The predicted molar refractivity (Wildman–Crippen MR) is 105 cm³/mol. The third-order valence-electron chi connectivity index (χ3n) is 4.32. The van der Waals surface area contributed by atoms with E-state index in [1.807, 2.05) is 60.7 Å². The van der Waals surface area contributed by atoms with Gasteiger partial charge in [-0.2, -0.15) is 0 Å². The minimum atomic E-state index is 0.551. The van der Waals surface area contributed by atoms with Crippen LogP contribution in [0.5, 0.6) is 11.5 Å². The molecule has 0 heterocycles. The van der Waals surface area contributed by atoms with Gasteiger partial charge < -0.3 is 9.47 Å². The van der Waals surface area contributed by atoms with Gasteiger partial charge in [0.1, 0.15) is 24.7 Å². The van der Waals surface area contributed by atoms with Crippen LogP contribution in [-0.4, -0.2) is 0 Å². The second-order valence-electron chi connectivity index (χ2n) is 6.16. The van der Waals surface area contributed by atoms with Crippen molar-refractivity contribution in [2.75, 3.05) is 0 Å². The second kappa shape index (κ2) is 7.75. The summed E-state index contributed by atoms with van der Waals surface area (Å²) in [5.41, 5.74) is 2.31. The largest absolute Gasteiger partial charge is 0.488 e. The number of hydrogen-bond donors (Lipinski definition) is 0. The van der Waals surface area contributed by atoms with Crippen LogP contribution in [0.2, 0.25) is 0 Å². The molecule has 0 bridgehead atoms. The van der Waals surface area contributed by atoms with Gasteiger partial charge in [0, 0.05) is 10.8 Å². The maximum Gasteiger partial charge on any atom is 0.127 e. The first-order chi connectivity index (χ1) is 12.9. The van der Waals surface area contributed by atoms with E-state index in [0.29, 0.717) is 13.2 Å². The van der Waals surface area contributed by atoms with Gasteiger partial charge in [-0.3, -0.25) is 0 Å². The molecule has 2 nitrogen and oxygen atoms in total. The van der Waals surface area contributed by atoms with Gasteiger partial charge in [-0.1, -0.05) is 84.9 Å². The van der Waals surface area contributed by atoms with E-state index in [2.05, 4.69) is 36.4 Å². The Bertz CT molecular complexity index is 896. The molecule has 0 aliphatic carbocycles. The van der Waals surface area contributed by atoms with Gasteiger partial charge in [0.05, 0.1) is 0 Å². The maximum atomic E-state index is 6.07. The molecule has 0 aliphatic heterocycles. The predicted octanol–water partition coefficient (Wildman–Crippen LogP) is 6.00. The fraction of sp³-hybridized carbons (Fsp3) is 0.0833. The molecule has 0 radical (unpaired) electrons. The summed E-state index contributed by atoms with van der Waals surface area (Å²) in [5.74, 6) is 1.74. The molecule has 0 fully saturated rings. The van der Waals surface area contributed by atoms with Crippen molar-refractivity contribution in [1.82, 2.24) is 0 Å².